The molecule has 102 valence electrons. The highest BCUT2D eigenvalue weighted by atomic mass is 32.2. The lowest BCUT2D eigenvalue weighted by atomic mass is 10.3. The zero-order valence-corrected chi connectivity index (χ0v) is 12.1. The van der Waals surface area contributed by atoms with Crippen molar-refractivity contribution >= 4 is 27.3 Å². The van der Waals surface area contributed by atoms with Crippen molar-refractivity contribution in [3.8, 4) is 5.75 Å². The van der Waals surface area contributed by atoms with Gasteiger partial charge in [0.25, 0.3) is 0 Å². The molecule has 1 aromatic carbocycles. The highest BCUT2D eigenvalue weighted by Gasteiger charge is 2.01. The lowest BCUT2D eigenvalue weighted by Crippen LogP contribution is -2.06. The predicted molar refractivity (Wildman–Crippen MR) is 78.0 cm³/mol. The molecule has 0 aliphatic rings. The lowest BCUT2D eigenvalue weighted by Gasteiger charge is -2.08. The molecule has 0 fully saturated rings. The van der Waals surface area contributed by atoms with Gasteiger partial charge in [-0.1, -0.05) is 12.1 Å². The Morgan fingerprint density at radius 3 is 2.67 bits per heavy atom. The summed E-state index contributed by atoms with van der Waals surface area (Å²) >= 11 is 1.63. The Balaban J connectivity index is 2.08. The molecule has 1 rings (SSSR count). The summed E-state index contributed by atoms with van der Waals surface area (Å²) in [5.41, 5.74) is 6.37. The number of benzene rings is 1. The molecule has 4 nitrogen and oxygen atoms in total. The van der Waals surface area contributed by atoms with Crippen LogP contribution in [0.25, 0.3) is 0 Å². The van der Waals surface area contributed by atoms with Crippen LogP contribution in [0.1, 0.15) is 6.42 Å². The Labute approximate surface area is 113 Å². The SMILES string of the molecule is CS(=O)(=O)CCSCCCOc1ccccc1N. The topological polar surface area (TPSA) is 69.4 Å². The largest absolute Gasteiger partial charge is 0.491 e. The number of hydrogen-bond acceptors (Lipinski definition) is 5. The van der Waals surface area contributed by atoms with Crippen molar-refractivity contribution in [2.45, 2.75) is 6.42 Å². The van der Waals surface area contributed by atoms with E-state index in [1.54, 1.807) is 17.8 Å². The number of hydrogen-bond donors (Lipinski definition) is 1. The first-order chi connectivity index (χ1) is 8.49. The molecule has 0 saturated carbocycles. The molecule has 2 N–H and O–H groups in total. The van der Waals surface area contributed by atoms with Crippen LogP contribution in [-0.4, -0.2) is 38.5 Å². The molecule has 6 heteroatoms. The van der Waals surface area contributed by atoms with Crippen LogP contribution in [0.5, 0.6) is 5.75 Å². The van der Waals surface area contributed by atoms with Crippen molar-refractivity contribution in [2.75, 3.05) is 35.9 Å². The summed E-state index contributed by atoms with van der Waals surface area (Å²) in [5, 5.41) is 0. The highest BCUT2D eigenvalue weighted by molar-refractivity contribution is 8.00. The van der Waals surface area contributed by atoms with E-state index >= 15 is 0 Å². The van der Waals surface area contributed by atoms with Crippen molar-refractivity contribution in [3.05, 3.63) is 24.3 Å². The minimum atomic E-state index is -2.83. The maximum absolute atomic E-state index is 10.9. The monoisotopic (exact) mass is 289 g/mol. The predicted octanol–water partition coefficient (Wildman–Crippen LogP) is 1.82. The number of rotatable bonds is 8. The molecule has 0 atom stereocenters. The average molecular weight is 289 g/mol. The van der Waals surface area contributed by atoms with Crippen LogP contribution in [0.3, 0.4) is 0 Å². The zero-order valence-electron chi connectivity index (χ0n) is 10.5. The fourth-order valence-electron chi connectivity index (χ4n) is 1.27. The first-order valence-electron chi connectivity index (χ1n) is 5.72. The zero-order chi connectivity index (χ0) is 13.4. The minimum Gasteiger partial charge on any atom is -0.491 e. The molecule has 0 radical (unpaired) electrons. The van der Waals surface area contributed by atoms with E-state index in [-0.39, 0.29) is 5.75 Å². The Bertz CT molecular complexity index is 460. The van der Waals surface area contributed by atoms with Gasteiger partial charge in [0.2, 0.25) is 0 Å². The molecular weight excluding hydrogens is 270 g/mol. The third-order valence-corrected chi connectivity index (χ3v) is 4.48. The molecule has 1 aromatic rings. The van der Waals surface area contributed by atoms with E-state index in [0.717, 1.165) is 12.2 Å². The van der Waals surface area contributed by atoms with E-state index in [9.17, 15) is 8.42 Å². The van der Waals surface area contributed by atoms with Gasteiger partial charge in [-0.2, -0.15) is 11.8 Å². The number of nitrogen functional groups attached to an aromatic ring is 1. The fourth-order valence-corrected chi connectivity index (χ4v) is 3.48. The van der Waals surface area contributed by atoms with Crippen LogP contribution in [0.15, 0.2) is 24.3 Å². The molecule has 0 saturated heterocycles. The van der Waals surface area contributed by atoms with Crippen molar-refractivity contribution < 1.29 is 13.2 Å². The van der Waals surface area contributed by atoms with Gasteiger partial charge in [-0.05, 0) is 24.3 Å². The van der Waals surface area contributed by atoms with Crippen molar-refractivity contribution in [2.24, 2.45) is 0 Å². The molecule has 0 aliphatic heterocycles. The van der Waals surface area contributed by atoms with Gasteiger partial charge in [-0.15, -0.1) is 0 Å². The molecule has 0 spiro atoms. The molecular formula is C12H19NO3S2. The van der Waals surface area contributed by atoms with Crippen molar-refractivity contribution in [1.82, 2.24) is 0 Å². The van der Waals surface area contributed by atoms with Crippen LogP contribution in [0.2, 0.25) is 0 Å². The number of sulfone groups is 1. The second kappa shape index (κ2) is 7.53. The molecule has 18 heavy (non-hydrogen) atoms. The van der Waals surface area contributed by atoms with Gasteiger partial charge in [0.1, 0.15) is 15.6 Å². The summed E-state index contributed by atoms with van der Waals surface area (Å²) in [6.07, 6.45) is 2.14. The molecule has 0 amide bonds. The highest BCUT2D eigenvalue weighted by Crippen LogP contribution is 2.19. The Hall–Kier alpha value is -0.880. The molecule has 0 bridgehead atoms. The number of ether oxygens (including phenoxy) is 1. The normalized spacial score (nSPS) is 11.4. The van der Waals surface area contributed by atoms with E-state index in [1.807, 2.05) is 18.2 Å². The summed E-state index contributed by atoms with van der Waals surface area (Å²) in [6, 6.07) is 7.39. The van der Waals surface area contributed by atoms with Crippen LogP contribution < -0.4 is 10.5 Å². The summed E-state index contributed by atoms with van der Waals surface area (Å²) in [4.78, 5) is 0. The minimum absolute atomic E-state index is 0.240. The van der Waals surface area contributed by atoms with E-state index in [1.165, 1.54) is 6.26 Å². The Morgan fingerprint density at radius 1 is 1.28 bits per heavy atom. The van der Waals surface area contributed by atoms with Crippen LogP contribution in [-0.2, 0) is 9.84 Å². The summed E-state index contributed by atoms with van der Waals surface area (Å²) < 4.78 is 27.3. The summed E-state index contributed by atoms with van der Waals surface area (Å²) in [5.74, 6) is 2.48. The maximum atomic E-state index is 10.9. The fraction of sp³-hybridized carbons (Fsp3) is 0.500. The third kappa shape index (κ3) is 6.76. The molecule has 0 aliphatic carbocycles. The smallest absolute Gasteiger partial charge is 0.148 e. The van der Waals surface area contributed by atoms with E-state index in [4.69, 9.17) is 10.5 Å². The van der Waals surface area contributed by atoms with Gasteiger partial charge in [0.05, 0.1) is 18.0 Å². The number of thioether (sulfide) groups is 1. The standard InChI is InChI=1S/C12H19NO3S2/c1-18(14,15)10-9-17-8-4-7-16-12-6-3-2-5-11(12)13/h2-3,5-6H,4,7-10,13H2,1H3. The molecule has 0 heterocycles. The van der Waals surface area contributed by atoms with Crippen LogP contribution in [0.4, 0.5) is 5.69 Å². The number of nitrogens with two attached hydrogens (primary N) is 1. The van der Waals surface area contributed by atoms with Gasteiger partial charge in [-0.25, -0.2) is 8.42 Å². The summed E-state index contributed by atoms with van der Waals surface area (Å²) in [7, 11) is -2.83. The van der Waals surface area contributed by atoms with Crippen molar-refractivity contribution in [1.29, 1.82) is 0 Å². The first-order valence-corrected chi connectivity index (χ1v) is 8.93. The quantitative estimate of drug-likeness (QED) is 0.584. The van der Waals surface area contributed by atoms with Gasteiger partial charge in [0.15, 0.2) is 0 Å². The van der Waals surface area contributed by atoms with Crippen molar-refractivity contribution in [3.63, 3.8) is 0 Å². The van der Waals surface area contributed by atoms with Gasteiger partial charge in [-0.3, -0.25) is 0 Å². The lowest BCUT2D eigenvalue weighted by molar-refractivity contribution is 0.320. The first kappa shape index (κ1) is 15.2. The molecule has 0 unspecified atom stereocenters. The van der Waals surface area contributed by atoms with Crippen LogP contribution >= 0.6 is 11.8 Å². The van der Waals surface area contributed by atoms with Gasteiger partial charge in [0, 0.05) is 12.0 Å². The summed E-state index contributed by atoms with van der Waals surface area (Å²) in [6.45, 7) is 0.597. The van der Waals surface area contributed by atoms with E-state index < -0.39 is 9.84 Å². The Morgan fingerprint density at radius 2 is 2.00 bits per heavy atom. The second-order valence-electron chi connectivity index (χ2n) is 3.98. The van der Waals surface area contributed by atoms with Gasteiger partial charge < -0.3 is 10.5 Å². The van der Waals surface area contributed by atoms with Crippen LogP contribution in [0, 0.1) is 0 Å². The average Bonchev–Trinajstić information content (AvgIpc) is 2.28. The molecule has 0 aromatic heterocycles. The van der Waals surface area contributed by atoms with Gasteiger partial charge >= 0.3 is 0 Å². The second-order valence-corrected chi connectivity index (χ2v) is 7.47. The maximum Gasteiger partial charge on any atom is 0.148 e. The van der Waals surface area contributed by atoms with E-state index in [0.29, 0.717) is 23.8 Å². The number of anilines is 1. The third-order valence-electron chi connectivity index (χ3n) is 2.21. The van der Waals surface area contributed by atoms with E-state index in [2.05, 4.69) is 0 Å². The Kier molecular flexibility index (Phi) is 6.35. The number of para-hydroxylation sites is 2.